The Balaban J connectivity index is 1.49. The molecular formula is C22H22N4O2. The van der Waals surface area contributed by atoms with Crippen LogP contribution in [0.4, 0.5) is 5.82 Å². The number of benzene rings is 2. The quantitative estimate of drug-likeness (QED) is 0.667. The predicted molar refractivity (Wildman–Crippen MR) is 107 cm³/mol. The Morgan fingerprint density at radius 2 is 1.68 bits per heavy atom. The molecule has 2 N–H and O–H groups in total. The molecule has 142 valence electrons. The zero-order valence-corrected chi connectivity index (χ0v) is 15.5. The number of anilines is 1. The minimum Gasteiger partial charge on any atom is -0.350 e. The van der Waals surface area contributed by atoms with Crippen molar-refractivity contribution in [3.8, 4) is 5.69 Å². The zero-order valence-electron chi connectivity index (χ0n) is 15.5. The van der Waals surface area contributed by atoms with Crippen LogP contribution in [-0.2, 0) is 11.2 Å². The van der Waals surface area contributed by atoms with Crippen LogP contribution in [0.25, 0.3) is 5.69 Å². The molecule has 1 aliphatic carbocycles. The van der Waals surface area contributed by atoms with Crippen LogP contribution in [-0.4, -0.2) is 28.1 Å². The van der Waals surface area contributed by atoms with E-state index >= 15 is 0 Å². The molecule has 1 saturated carbocycles. The number of para-hydroxylation sites is 1. The van der Waals surface area contributed by atoms with Crippen molar-refractivity contribution in [2.24, 2.45) is 5.92 Å². The van der Waals surface area contributed by atoms with Crippen LogP contribution in [0.2, 0.25) is 0 Å². The maximum Gasteiger partial charge on any atom is 0.271 e. The number of amides is 2. The van der Waals surface area contributed by atoms with Gasteiger partial charge in [-0.3, -0.25) is 9.59 Å². The molecule has 0 atom stereocenters. The van der Waals surface area contributed by atoms with Crippen molar-refractivity contribution < 1.29 is 9.59 Å². The number of rotatable bonds is 7. The van der Waals surface area contributed by atoms with Crippen molar-refractivity contribution in [1.82, 2.24) is 15.1 Å². The van der Waals surface area contributed by atoms with Crippen molar-refractivity contribution in [2.75, 3.05) is 11.9 Å². The molecule has 1 fully saturated rings. The number of carbonyl (C=O) groups is 2. The molecule has 1 heterocycles. The Kier molecular flexibility index (Phi) is 5.19. The number of hydrogen-bond donors (Lipinski definition) is 2. The minimum atomic E-state index is -0.257. The number of aromatic nitrogens is 2. The summed E-state index contributed by atoms with van der Waals surface area (Å²) in [6.45, 7) is 0.519. The van der Waals surface area contributed by atoms with Gasteiger partial charge in [0.2, 0.25) is 5.91 Å². The van der Waals surface area contributed by atoms with Crippen molar-refractivity contribution in [3.63, 3.8) is 0 Å². The summed E-state index contributed by atoms with van der Waals surface area (Å²) in [6, 6.07) is 21.1. The molecule has 0 radical (unpaired) electrons. The fraction of sp³-hybridized carbons (Fsp3) is 0.227. The first kappa shape index (κ1) is 18.0. The summed E-state index contributed by atoms with van der Waals surface area (Å²) >= 11 is 0. The SMILES string of the molecule is O=C(NCCc1ccccc1)c1cc(NC(=O)C2CC2)n(-c2ccccc2)n1. The number of nitrogens with zero attached hydrogens (tertiary/aromatic N) is 2. The number of carbonyl (C=O) groups excluding carboxylic acids is 2. The van der Waals surface area contributed by atoms with Gasteiger partial charge in [0, 0.05) is 18.5 Å². The first-order valence-electron chi connectivity index (χ1n) is 9.49. The summed E-state index contributed by atoms with van der Waals surface area (Å²) in [4.78, 5) is 24.8. The molecule has 1 aliphatic rings. The lowest BCUT2D eigenvalue weighted by Gasteiger charge is -2.08. The molecule has 3 aromatic rings. The molecule has 0 unspecified atom stereocenters. The van der Waals surface area contributed by atoms with Crippen LogP contribution in [0, 0.1) is 5.92 Å². The summed E-state index contributed by atoms with van der Waals surface area (Å²) in [7, 11) is 0. The molecule has 2 aromatic carbocycles. The minimum absolute atomic E-state index is 0.0203. The third-order valence-corrected chi connectivity index (χ3v) is 4.68. The van der Waals surface area contributed by atoms with Gasteiger partial charge in [-0.15, -0.1) is 0 Å². The van der Waals surface area contributed by atoms with Crippen LogP contribution in [0.5, 0.6) is 0 Å². The lowest BCUT2D eigenvalue weighted by molar-refractivity contribution is -0.117. The predicted octanol–water partition coefficient (Wildman–Crippen LogP) is 3.19. The third-order valence-electron chi connectivity index (χ3n) is 4.68. The fourth-order valence-electron chi connectivity index (χ4n) is 2.98. The number of nitrogens with one attached hydrogen (secondary N) is 2. The van der Waals surface area contributed by atoms with Gasteiger partial charge < -0.3 is 10.6 Å². The summed E-state index contributed by atoms with van der Waals surface area (Å²) in [5.74, 6) is 0.305. The molecular weight excluding hydrogens is 352 g/mol. The van der Waals surface area contributed by atoms with Crippen LogP contribution >= 0.6 is 0 Å². The standard InChI is InChI=1S/C22H22N4O2/c27-21(17-11-12-17)24-20-15-19(25-26(20)18-9-5-2-6-10-18)22(28)23-14-13-16-7-3-1-4-8-16/h1-10,15,17H,11-14H2,(H,23,28)(H,24,27). The molecule has 4 rings (SSSR count). The molecule has 28 heavy (non-hydrogen) atoms. The van der Waals surface area contributed by atoms with Crippen molar-refractivity contribution in [2.45, 2.75) is 19.3 Å². The highest BCUT2D eigenvalue weighted by Crippen LogP contribution is 2.30. The van der Waals surface area contributed by atoms with E-state index in [9.17, 15) is 9.59 Å². The Bertz CT molecular complexity index is 963. The van der Waals surface area contributed by atoms with Crippen molar-refractivity contribution >= 4 is 17.6 Å². The van der Waals surface area contributed by atoms with E-state index in [1.165, 1.54) is 0 Å². The average molecular weight is 374 g/mol. The van der Waals surface area contributed by atoms with Gasteiger partial charge in [-0.1, -0.05) is 48.5 Å². The van der Waals surface area contributed by atoms with Gasteiger partial charge in [-0.2, -0.15) is 5.10 Å². The van der Waals surface area contributed by atoms with E-state index in [0.717, 1.165) is 30.5 Å². The fourth-order valence-corrected chi connectivity index (χ4v) is 2.98. The molecule has 0 aliphatic heterocycles. The molecule has 6 heteroatoms. The molecule has 0 spiro atoms. The average Bonchev–Trinajstić information content (AvgIpc) is 3.50. The van der Waals surface area contributed by atoms with Gasteiger partial charge in [0.05, 0.1) is 5.69 Å². The largest absolute Gasteiger partial charge is 0.350 e. The van der Waals surface area contributed by atoms with E-state index < -0.39 is 0 Å². The van der Waals surface area contributed by atoms with E-state index in [1.807, 2.05) is 60.7 Å². The Morgan fingerprint density at radius 1 is 1.00 bits per heavy atom. The Morgan fingerprint density at radius 3 is 2.36 bits per heavy atom. The second kappa shape index (κ2) is 8.08. The second-order valence-electron chi connectivity index (χ2n) is 6.92. The summed E-state index contributed by atoms with van der Waals surface area (Å²) in [6.07, 6.45) is 2.58. The highest BCUT2D eigenvalue weighted by molar-refractivity contribution is 5.97. The normalized spacial score (nSPS) is 13.1. The van der Waals surface area contributed by atoms with E-state index in [-0.39, 0.29) is 23.4 Å². The maximum absolute atomic E-state index is 12.6. The summed E-state index contributed by atoms with van der Waals surface area (Å²) in [5.41, 5.74) is 2.23. The van der Waals surface area contributed by atoms with Crippen LogP contribution < -0.4 is 10.6 Å². The van der Waals surface area contributed by atoms with Crippen LogP contribution in [0.3, 0.4) is 0 Å². The van der Waals surface area contributed by atoms with E-state index in [1.54, 1.807) is 10.7 Å². The lowest BCUT2D eigenvalue weighted by Crippen LogP contribution is -2.26. The van der Waals surface area contributed by atoms with E-state index in [2.05, 4.69) is 15.7 Å². The summed E-state index contributed by atoms with van der Waals surface area (Å²) in [5, 5.41) is 10.2. The van der Waals surface area contributed by atoms with Gasteiger partial charge in [0.15, 0.2) is 5.69 Å². The first-order chi connectivity index (χ1) is 13.7. The monoisotopic (exact) mass is 374 g/mol. The van der Waals surface area contributed by atoms with Crippen molar-refractivity contribution in [1.29, 1.82) is 0 Å². The third kappa shape index (κ3) is 4.28. The smallest absolute Gasteiger partial charge is 0.271 e. The van der Waals surface area contributed by atoms with E-state index in [4.69, 9.17) is 0 Å². The second-order valence-corrected chi connectivity index (χ2v) is 6.92. The van der Waals surface area contributed by atoms with Crippen LogP contribution in [0.15, 0.2) is 66.7 Å². The Hall–Kier alpha value is -3.41. The molecule has 1 aromatic heterocycles. The lowest BCUT2D eigenvalue weighted by atomic mass is 10.1. The van der Waals surface area contributed by atoms with Crippen molar-refractivity contribution in [3.05, 3.63) is 78.0 Å². The molecule has 2 amide bonds. The topological polar surface area (TPSA) is 76.0 Å². The molecule has 6 nitrogen and oxygen atoms in total. The molecule has 0 bridgehead atoms. The first-order valence-corrected chi connectivity index (χ1v) is 9.49. The van der Waals surface area contributed by atoms with Gasteiger partial charge in [0.1, 0.15) is 5.82 Å². The Labute approximate surface area is 163 Å². The zero-order chi connectivity index (χ0) is 19.3. The van der Waals surface area contributed by atoms with E-state index in [0.29, 0.717) is 12.4 Å². The highest BCUT2D eigenvalue weighted by Gasteiger charge is 2.30. The molecule has 0 saturated heterocycles. The van der Waals surface area contributed by atoms with Gasteiger partial charge in [-0.25, -0.2) is 4.68 Å². The van der Waals surface area contributed by atoms with Crippen LogP contribution in [0.1, 0.15) is 28.9 Å². The van der Waals surface area contributed by atoms with Gasteiger partial charge in [0.25, 0.3) is 5.91 Å². The maximum atomic E-state index is 12.6. The summed E-state index contributed by atoms with van der Waals surface area (Å²) < 4.78 is 1.60. The van der Waals surface area contributed by atoms with Gasteiger partial charge >= 0.3 is 0 Å². The number of hydrogen-bond acceptors (Lipinski definition) is 3. The highest BCUT2D eigenvalue weighted by atomic mass is 16.2. The van der Waals surface area contributed by atoms with Gasteiger partial charge in [-0.05, 0) is 37.0 Å².